The highest BCUT2D eigenvalue weighted by molar-refractivity contribution is 7.98. The summed E-state index contributed by atoms with van der Waals surface area (Å²) in [4.78, 5) is 19.2. The molecular formula is C17H23Cl2N5OS. The van der Waals surface area contributed by atoms with Gasteiger partial charge in [-0.15, -0.1) is 24.8 Å². The van der Waals surface area contributed by atoms with E-state index < -0.39 is 0 Å². The van der Waals surface area contributed by atoms with Crippen molar-refractivity contribution in [2.75, 3.05) is 13.1 Å². The molecule has 2 aliphatic heterocycles. The number of nitrogens with zero attached hydrogens (tertiary/aromatic N) is 3. The van der Waals surface area contributed by atoms with Crippen LogP contribution in [-0.4, -0.2) is 51.2 Å². The molecule has 6 nitrogen and oxygen atoms in total. The Kier molecular flexibility index (Phi) is 7.76. The molecule has 26 heavy (non-hydrogen) atoms. The molecule has 2 aliphatic rings. The van der Waals surface area contributed by atoms with E-state index >= 15 is 0 Å². The maximum Gasteiger partial charge on any atom is 0.254 e. The van der Waals surface area contributed by atoms with Crippen LogP contribution in [0.1, 0.15) is 35.2 Å². The van der Waals surface area contributed by atoms with Crippen molar-refractivity contribution in [1.82, 2.24) is 25.4 Å². The van der Waals surface area contributed by atoms with Crippen LogP contribution in [0, 0.1) is 0 Å². The molecule has 4 rings (SSSR count). The number of carbonyl (C=O) groups is 1. The first-order valence-electron chi connectivity index (χ1n) is 8.42. The van der Waals surface area contributed by atoms with Crippen molar-refractivity contribution in [3.05, 3.63) is 41.7 Å². The van der Waals surface area contributed by atoms with Crippen LogP contribution in [-0.2, 0) is 5.75 Å². The monoisotopic (exact) mass is 415 g/mol. The molecule has 2 N–H and O–H groups in total. The van der Waals surface area contributed by atoms with Gasteiger partial charge in [-0.3, -0.25) is 9.89 Å². The van der Waals surface area contributed by atoms with Crippen LogP contribution in [0.2, 0.25) is 0 Å². The SMILES string of the molecule is Cl.Cl.O=C(c1ccc(CSc2ncn[nH]2)cc1)N1C2CCNCC1CC2. The standard InChI is InChI=1S/C17H21N5OS.2ClH/c23-16(22-14-5-6-15(22)9-18-8-7-14)13-3-1-12(2-4-13)10-24-17-19-11-20-21-17;;/h1-4,11,14-15,18H,5-10H2,(H,19,20,21);2*1H. The number of hydrogen-bond donors (Lipinski definition) is 2. The first kappa shape index (κ1) is 21.0. The minimum atomic E-state index is 0. The van der Waals surface area contributed by atoms with Crippen molar-refractivity contribution >= 4 is 42.5 Å². The lowest BCUT2D eigenvalue weighted by Gasteiger charge is -2.28. The first-order chi connectivity index (χ1) is 11.8. The number of nitrogens with one attached hydrogen (secondary N) is 2. The summed E-state index contributed by atoms with van der Waals surface area (Å²) in [5.74, 6) is 0.989. The topological polar surface area (TPSA) is 73.9 Å². The summed E-state index contributed by atoms with van der Waals surface area (Å²) < 4.78 is 0. The highest BCUT2D eigenvalue weighted by atomic mass is 35.5. The van der Waals surface area contributed by atoms with Crippen LogP contribution in [0.5, 0.6) is 0 Å². The van der Waals surface area contributed by atoms with E-state index in [2.05, 4.69) is 25.4 Å². The largest absolute Gasteiger partial charge is 0.331 e. The van der Waals surface area contributed by atoms with E-state index in [1.807, 2.05) is 24.3 Å². The molecular weight excluding hydrogens is 393 g/mol. The van der Waals surface area contributed by atoms with Crippen molar-refractivity contribution in [3.63, 3.8) is 0 Å². The van der Waals surface area contributed by atoms with Crippen molar-refractivity contribution in [3.8, 4) is 0 Å². The zero-order valence-electron chi connectivity index (χ0n) is 14.3. The predicted octanol–water partition coefficient (Wildman–Crippen LogP) is 2.91. The second kappa shape index (κ2) is 9.60. The zero-order chi connectivity index (χ0) is 16.4. The number of fused-ring (bicyclic) bond motifs is 2. The van der Waals surface area contributed by atoms with Gasteiger partial charge in [0.05, 0.1) is 0 Å². The summed E-state index contributed by atoms with van der Waals surface area (Å²) in [6.45, 7) is 1.94. The molecule has 2 aromatic rings. The molecule has 3 heterocycles. The second-order valence-electron chi connectivity index (χ2n) is 6.37. The number of aromatic amines is 1. The number of rotatable bonds is 4. The summed E-state index contributed by atoms with van der Waals surface area (Å²) in [7, 11) is 0. The summed E-state index contributed by atoms with van der Waals surface area (Å²) >= 11 is 1.60. The highest BCUT2D eigenvalue weighted by Gasteiger charge is 2.38. The molecule has 1 aromatic carbocycles. The summed E-state index contributed by atoms with van der Waals surface area (Å²) in [6, 6.07) is 8.74. The van der Waals surface area contributed by atoms with Gasteiger partial charge in [-0.05, 0) is 43.5 Å². The Morgan fingerprint density at radius 2 is 1.92 bits per heavy atom. The van der Waals surface area contributed by atoms with Crippen LogP contribution in [0.15, 0.2) is 35.7 Å². The van der Waals surface area contributed by atoms with Gasteiger partial charge in [0.2, 0.25) is 0 Å². The molecule has 2 saturated heterocycles. The van der Waals surface area contributed by atoms with Gasteiger partial charge in [-0.1, -0.05) is 23.9 Å². The second-order valence-corrected chi connectivity index (χ2v) is 7.33. The lowest BCUT2D eigenvalue weighted by atomic mass is 10.1. The molecule has 142 valence electrons. The summed E-state index contributed by atoms with van der Waals surface area (Å²) in [5.41, 5.74) is 1.97. The quantitative estimate of drug-likeness (QED) is 0.750. The van der Waals surface area contributed by atoms with Gasteiger partial charge in [0.15, 0.2) is 5.16 Å². The molecule has 0 spiro atoms. The Morgan fingerprint density at radius 1 is 1.15 bits per heavy atom. The van der Waals surface area contributed by atoms with E-state index in [-0.39, 0.29) is 30.7 Å². The number of H-pyrrole nitrogens is 1. The third-order valence-corrected chi connectivity index (χ3v) is 5.81. The smallest absolute Gasteiger partial charge is 0.254 e. The van der Waals surface area contributed by atoms with Crippen molar-refractivity contribution < 1.29 is 4.79 Å². The van der Waals surface area contributed by atoms with Gasteiger partial charge in [-0.2, -0.15) is 5.10 Å². The first-order valence-corrected chi connectivity index (χ1v) is 9.40. The molecule has 1 aromatic heterocycles. The Balaban J connectivity index is 0.00000121. The number of benzene rings is 1. The lowest BCUT2D eigenvalue weighted by molar-refractivity contribution is 0.0680. The molecule has 0 saturated carbocycles. The molecule has 2 fully saturated rings. The minimum absolute atomic E-state index is 0. The van der Waals surface area contributed by atoms with Gasteiger partial charge >= 0.3 is 0 Å². The Bertz CT molecular complexity index is 684. The van der Waals surface area contributed by atoms with Gasteiger partial charge in [0.1, 0.15) is 6.33 Å². The summed E-state index contributed by atoms with van der Waals surface area (Å²) in [6.07, 6.45) is 4.84. The molecule has 2 atom stereocenters. The molecule has 1 amide bonds. The number of thioether (sulfide) groups is 1. The fraction of sp³-hybridized carbons (Fsp3) is 0.471. The van der Waals surface area contributed by atoms with Crippen LogP contribution in [0.25, 0.3) is 0 Å². The fourth-order valence-electron chi connectivity index (χ4n) is 3.62. The lowest BCUT2D eigenvalue weighted by Crippen LogP contribution is -2.42. The number of halogens is 2. The fourth-order valence-corrected chi connectivity index (χ4v) is 4.36. The van der Waals surface area contributed by atoms with Crippen LogP contribution < -0.4 is 5.32 Å². The molecule has 0 radical (unpaired) electrons. The molecule has 2 unspecified atom stereocenters. The van der Waals surface area contributed by atoms with E-state index in [9.17, 15) is 4.79 Å². The normalized spacial score (nSPS) is 21.5. The van der Waals surface area contributed by atoms with Gasteiger partial charge in [0.25, 0.3) is 5.91 Å². The molecule has 2 bridgehead atoms. The van der Waals surface area contributed by atoms with E-state index in [1.54, 1.807) is 11.8 Å². The number of hydrogen-bond acceptors (Lipinski definition) is 5. The summed E-state index contributed by atoms with van der Waals surface area (Å²) in [5, 5.41) is 10.9. The van der Waals surface area contributed by atoms with E-state index in [0.717, 1.165) is 48.8 Å². The van der Waals surface area contributed by atoms with E-state index in [0.29, 0.717) is 12.1 Å². The third kappa shape index (κ3) is 4.52. The Hall–Kier alpha value is -1.28. The predicted molar refractivity (Wildman–Crippen MR) is 107 cm³/mol. The van der Waals surface area contributed by atoms with Crippen molar-refractivity contribution in [2.45, 2.75) is 42.3 Å². The Morgan fingerprint density at radius 3 is 2.65 bits per heavy atom. The van der Waals surface area contributed by atoms with E-state index in [1.165, 1.54) is 11.9 Å². The zero-order valence-corrected chi connectivity index (χ0v) is 16.7. The van der Waals surface area contributed by atoms with Crippen LogP contribution in [0.3, 0.4) is 0 Å². The number of aromatic nitrogens is 3. The third-order valence-electron chi connectivity index (χ3n) is 4.86. The van der Waals surface area contributed by atoms with Crippen molar-refractivity contribution in [1.29, 1.82) is 0 Å². The molecule has 0 aliphatic carbocycles. The van der Waals surface area contributed by atoms with Crippen LogP contribution >= 0.6 is 36.6 Å². The van der Waals surface area contributed by atoms with Gasteiger partial charge < -0.3 is 10.2 Å². The van der Waals surface area contributed by atoms with Crippen LogP contribution in [0.4, 0.5) is 0 Å². The number of carbonyl (C=O) groups excluding carboxylic acids is 1. The maximum atomic E-state index is 12.9. The average molecular weight is 416 g/mol. The maximum absolute atomic E-state index is 12.9. The van der Waals surface area contributed by atoms with Gasteiger partial charge in [0, 0.05) is 29.9 Å². The van der Waals surface area contributed by atoms with E-state index in [4.69, 9.17) is 0 Å². The highest BCUT2D eigenvalue weighted by Crippen LogP contribution is 2.29. The minimum Gasteiger partial charge on any atom is -0.331 e. The molecule has 9 heteroatoms. The Labute approximate surface area is 169 Å². The van der Waals surface area contributed by atoms with Crippen molar-refractivity contribution in [2.24, 2.45) is 0 Å². The van der Waals surface area contributed by atoms with Gasteiger partial charge in [-0.25, -0.2) is 4.98 Å². The number of amides is 1. The average Bonchev–Trinajstić information content (AvgIpc) is 3.19.